The predicted molar refractivity (Wildman–Crippen MR) is 100.0 cm³/mol. The number of benzene rings is 1. The van der Waals surface area contributed by atoms with Crippen molar-refractivity contribution >= 4 is 40.4 Å². The van der Waals surface area contributed by atoms with Crippen molar-refractivity contribution in [3.63, 3.8) is 0 Å². The van der Waals surface area contributed by atoms with Crippen LogP contribution in [-0.4, -0.2) is 28.4 Å². The van der Waals surface area contributed by atoms with Gasteiger partial charge < -0.3 is 4.74 Å². The van der Waals surface area contributed by atoms with E-state index in [-0.39, 0.29) is 28.4 Å². The lowest BCUT2D eigenvalue weighted by Gasteiger charge is -2.18. The zero-order chi connectivity index (χ0) is 20.6. The van der Waals surface area contributed by atoms with Crippen LogP contribution in [0.4, 0.5) is 13.2 Å². The number of pyridine rings is 2. The Morgan fingerprint density at radius 2 is 1.96 bits per heavy atom. The van der Waals surface area contributed by atoms with Gasteiger partial charge in [-0.1, -0.05) is 11.6 Å². The lowest BCUT2D eigenvalue weighted by atomic mass is 10.1. The molecule has 0 N–H and O–H groups in total. The standard InChI is InChI=1S/C18H12ClF3N2O3S/c1-3-27-18(26)13-14(25)9-7-11(22)15(19)23-16(9)24(17(13)28-2)12-5-4-8(20)6-10(12)21/h4-7H,3H2,1-2H3. The molecule has 2 aromatic heterocycles. The molecule has 5 nitrogen and oxygen atoms in total. The van der Waals surface area contributed by atoms with Crippen LogP contribution in [0.15, 0.2) is 34.1 Å². The Morgan fingerprint density at radius 3 is 2.57 bits per heavy atom. The van der Waals surface area contributed by atoms with E-state index < -0.39 is 39.6 Å². The van der Waals surface area contributed by atoms with Gasteiger partial charge in [0.25, 0.3) is 0 Å². The van der Waals surface area contributed by atoms with Gasteiger partial charge in [0.15, 0.2) is 16.6 Å². The topological polar surface area (TPSA) is 61.2 Å². The van der Waals surface area contributed by atoms with Gasteiger partial charge in [0, 0.05) is 6.07 Å². The Morgan fingerprint density at radius 1 is 1.25 bits per heavy atom. The monoisotopic (exact) mass is 428 g/mol. The summed E-state index contributed by atoms with van der Waals surface area (Å²) in [7, 11) is 0. The maximum Gasteiger partial charge on any atom is 0.344 e. The second kappa shape index (κ2) is 7.84. The smallest absolute Gasteiger partial charge is 0.344 e. The third-order valence-electron chi connectivity index (χ3n) is 3.84. The maximum absolute atomic E-state index is 14.5. The summed E-state index contributed by atoms with van der Waals surface area (Å²) in [6.07, 6.45) is 1.55. The third kappa shape index (κ3) is 3.35. The number of fused-ring (bicyclic) bond motifs is 1. The molecule has 0 aliphatic rings. The average Bonchev–Trinajstić information content (AvgIpc) is 2.64. The van der Waals surface area contributed by atoms with E-state index in [1.54, 1.807) is 13.2 Å². The van der Waals surface area contributed by atoms with Crippen LogP contribution in [0.5, 0.6) is 0 Å². The largest absolute Gasteiger partial charge is 0.462 e. The number of aromatic nitrogens is 2. The van der Waals surface area contributed by atoms with Gasteiger partial charge in [-0.2, -0.15) is 0 Å². The van der Waals surface area contributed by atoms with E-state index >= 15 is 0 Å². The van der Waals surface area contributed by atoms with Gasteiger partial charge in [0.1, 0.15) is 17.2 Å². The minimum absolute atomic E-state index is 0.00312. The number of halogens is 4. The van der Waals surface area contributed by atoms with Crippen molar-refractivity contribution < 1.29 is 22.7 Å². The molecule has 1 aromatic carbocycles. The summed E-state index contributed by atoms with van der Waals surface area (Å²) in [6, 6.07) is 3.57. The summed E-state index contributed by atoms with van der Waals surface area (Å²) in [4.78, 5) is 29.2. The summed E-state index contributed by atoms with van der Waals surface area (Å²) in [5.41, 5.74) is -1.62. The molecule has 0 fully saturated rings. The molecule has 0 atom stereocenters. The summed E-state index contributed by atoms with van der Waals surface area (Å²) in [5.74, 6) is -3.73. The summed E-state index contributed by atoms with van der Waals surface area (Å²) < 4.78 is 48.0. The molecule has 0 aliphatic heterocycles. The van der Waals surface area contributed by atoms with Gasteiger partial charge in [0.2, 0.25) is 5.43 Å². The van der Waals surface area contributed by atoms with Crippen LogP contribution in [0.1, 0.15) is 17.3 Å². The molecular formula is C18H12ClF3N2O3S. The Labute approximate surface area is 166 Å². The van der Waals surface area contributed by atoms with Crippen LogP contribution < -0.4 is 5.43 Å². The number of hydrogen-bond acceptors (Lipinski definition) is 5. The molecule has 2 heterocycles. The first kappa shape index (κ1) is 20.2. The quantitative estimate of drug-likeness (QED) is 0.351. The highest BCUT2D eigenvalue weighted by Crippen LogP contribution is 2.30. The number of rotatable bonds is 4. The minimum atomic E-state index is -0.982. The highest BCUT2D eigenvalue weighted by Gasteiger charge is 2.26. The molecular weight excluding hydrogens is 417 g/mol. The second-order valence-corrected chi connectivity index (χ2v) is 6.65. The molecule has 28 heavy (non-hydrogen) atoms. The number of esters is 1. The SMILES string of the molecule is CCOC(=O)c1c(SC)n(-c2ccc(F)cc2F)c2nc(Cl)c(F)cc2c1=O. The van der Waals surface area contributed by atoms with E-state index in [1.807, 2.05) is 0 Å². The molecule has 0 aliphatic carbocycles. The Bertz CT molecular complexity index is 1170. The van der Waals surface area contributed by atoms with Gasteiger partial charge in [-0.05, 0) is 31.4 Å². The zero-order valence-electron chi connectivity index (χ0n) is 14.6. The number of carbonyl (C=O) groups is 1. The van der Waals surface area contributed by atoms with E-state index in [4.69, 9.17) is 16.3 Å². The van der Waals surface area contributed by atoms with E-state index in [1.165, 1.54) is 0 Å². The van der Waals surface area contributed by atoms with Gasteiger partial charge in [-0.25, -0.2) is 22.9 Å². The van der Waals surface area contributed by atoms with Crippen LogP contribution in [0, 0.1) is 17.5 Å². The lowest BCUT2D eigenvalue weighted by Crippen LogP contribution is -2.24. The van der Waals surface area contributed by atoms with Crippen LogP contribution >= 0.6 is 23.4 Å². The Kier molecular flexibility index (Phi) is 5.66. The number of hydrogen-bond donors (Lipinski definition) is 0. The molecule has 10 heteroatoms. The van der Waals surface area contributed by atoms with Crippen molar-refractivity contribution in [2.75, 3.05) is 12.9 Å². The van der Waals surface area contributed by atoms with E-state index in [9.17, 15) is 22.8 Å². The second-order valence-electron chi connectivity index (χ2n) is 5.50. The number of nitrogens with zero attached hydrogens (tertiary/aromatic N) is 2. The molecule has 146 valence electrons. The van der Waals surface area contributed by atoms with Crippen molar-refractivity contribution in [1.29, 1.82) is 0 Å². The highest BCUT2D eigenvalue weighted by molar-refractivity contribution is 7.98. The summed E-state index contributed by atoms with van der Waals surface area (Å²) in [5, 5.41) is -0.845. The summed E-state index contributed by atoms with van der Waals surface area (Å²) in [6.45, 7) is 1.54. The molecule has 3 rings (SSSR count). The maximum atomic E-state index is 14.5. The van der Waals surface area contributed by atoms with Crippen LogP contribution in [-0.2, 0) is 4.74 Å². The normalized spacial score (nSPS) is 11.1. The fourth-order valence-electron chi connectivity index (χ4n) is 2.70. The molecule has 0 bridgehead atoms. The fourth-order valence-corrected chi connectivity index (χ4v) is 3.58. The van der Waals surface area contributed by atoms with Crippen molar-refractivity contribution in [3.05, 3.63) is 62.7 Å². The minimum Gasteiger partial charge on any atom is -0.462 e. The molecule has 0 saturated heterocycles. The van der Waals surface area contributed by atoms with Crippen molar-refractivity contribution in [3.8, 4) is 5.69 Å². The van der Waals surface area contributed by atoms with Crippen LogP contribution in [0.2, 0.25) is 5.15 Å². The van der Waals surface area contributed by atoms with Crippen LogP contribution in [0.3, 0.4) is 0 Å². The predicted octanol–water partition coefficient (Wildman–Crippen LogP) is 4.36. The van der Waals surface area contributed by atoms with Gasteiger partial charge in [0.05, 0.1) is 22.7 Å². The van der Waals surface area contributed by atoms with Crippen molar-refractivity contribution in [2.24, 2.45) is 0 Å². The molecule has 3 aromatic rings. The first-order chi connectivity index (χ1) is 13.3. The average molecular weight is 429 g/mol. The van der Waals surface area contributed by atoms with Gasteiger partial charge in [-0.3, -0.25) is 9.36 Å². The number of ether oxygens (including phenoxy) is 1. The Balaban J connectivity index is 2.56. The lowest BCUT2D eigenvalue weighted by molar-refractivity contribution is 0.0519. The van der Waals surface area contributed by atoms with E-state index in [0.29, 0.717) is 6.07 Å². The van der Waals surface area contributed by atoms with Crippen molar-refractivity contribution in [1.82, 2.24) is 9.55 Å². The summed E-state index contributed by atoms with van der Waals surface area (Å²) >= 11 is 6.71. The highest BCUT2D eigenvalue weighted by atomic mass is 35.5. The Hall–Kier alpha value is -2.52. The fraction of sp³-hybridized carbons (Fsp3) is 0.167. The van der Waals surface area contributed by atoms with Gasteiger partial charge >= 0.3 is 5.97 Å². The van der Waals surface area contributed by atoms with E-state index in [0.717, 1.165) is 34.5 Å². The third-order valence-corrected chi connectivity index (χ3v) is 4.88. The molecule has 0 saturated carbocycles. The molecule has 0 radical (unpaired) electrons. The molecule has 0 spiro atoms. The molecule has 0 unspecified atom stereocenters. The van der Waals surface area contributed by atoms with Gasteiger partial charge in [-0.15, -0.1) is 11.8 Å². The van der Waals surface area contributed by atoms with E-state index in [2.05, 4.69) is 4.98 Å². The molecule has 0 amide bonds. The zero-order valence-corrected chi connectivity index (χ0v) is 16.1. The number of carbonyl (C=O) groups excluding carboxylic acids is 1. The first-order valence-electron chi connectivity index (χ1n) is 7.91. The van der Waals surface area contributed by atoms with Crippen LogP contribution in [0.25, 0.3) is 16.7 Å². The van der Waals surface area contributed by atoms with Crippen molar-refractivity contribution in [2.45, 2.75) is 11.9 Å². The number of thioether (sulfide) groups is 1. The first-order valence-corrected chi connectivity index (χ1v) is 9.51.